The summed E-state index contributed by atoms with van der Waals surface area (Å²) in [6, 6.07) is 0. The minimum atomic E-state index is 0.304. The highest BCUT2D eigenvalue weighted by molar-refractivity contribution is 5.48. The average Bonchev–Trinajstić information content (AvgIpc) is 3.08. The van der Waals surface area contributed by atoms with Crippen LogP contribution in [0, 0.1) is 0 Å². The first-order chi connectivity index (χ1) is 23.2. The Morgan fingerprint density at radius 3 is 1.45 bits per heavy atom. The van der Waals surface area contributed by atoms with Gasteiger partial charge in [-0.15, -0.1) is 6.58 Å². The van der Waals surface area contributed by atoms with Crippen LogP contribution in [0.25, 0.3) is 0 Å². The van der Waals surface area contributed by atoms with Crippen molar-refractivity contribution in [2.24, 2.45) is 0 Å². The molecule has 0 heterocycles. The molecule has 1 N–H and O–H groups in total. The van der Waals surface area contributed by atoms with Crippen LogP contribution >= 0.6 is 0 Å². The average molecular weight is 673 g/mol. The number of aliphatic hydroxyl groups excluding tert-OH is 1. The third-order valence-electron chi connectivity index (χ3n) is 6.79. The van der Waals surface area contributed by atoms with E-state index in [1.807, 2.05) is 26.0 Å². The quantitative estimate of drug-likeness (QED) is 0.0302. The summed E-state index contributed by atoms with van der Waals surface area (Å²) < 4.78 is 32.6. The molecule has 8 nitrogen and oxygen atoms in total. The number of methoxy groups -OCH3 is 1. The summed E-state index contributed by atoms with van der Waals surface area (Å²) >= 11 is 0. The maximum atomic E-state index is 9.92. The molecule has 8 heteroatoms. The molecule has 0 atom stereocenters. The SMILES string of the molecule is C=CCC/C=C/COCCOCCOCCOCCCCCCOCCCCCCCC(=C)O.CC.COCCCCCCCC=O. The Bertz CT molecular complexity index is 612. The van der Waals surface area contributed by atoms with Crippen molar-refractivity contribution < 1.29 is 38.3 Å². The highest BCUT2D eigenvalue weighted by Crippen LogP contribution is 2.08. The van der Waals surface area contributed by atoms with E-state index in [0.29, 0.717) is 52.0 Å². The molecule has 280 valence electrons. The number of aldehydes is 1. The Balaban J connectivity index is -0.00000125. The van der Waals surface area contributed by atoms with Crippen LogP contribution in [-0.2, 0) is 33.2 Å². The van der Waals surface area contributed by atoms with E-state index < -0.39 is 0 Å². The van der Waals surface area contributed by atoms with Gasteiger partial charge in [-0.1, -0.05) is 90.0 Å². The lowest BCUT2D eigenvalue weighted by Crippen LogP contribution is -2.12. The number of aliphatic hydroxyl groups is 1. The van der Waals surface area contributed by atoms with Gasteiger partial charge >= 0.3 is 0 Å². The summed E-state index contributed by atoms with van der Waals surface area (Å²) in [6.07, 6.45) is 26.7. The molecule has 0 aliphatic carbocycles. The lowest BCUT2D eigenvalue weighted by Gasteiger charge is -2.07. The Kier molecular flexibility index (Phi) is 54.4. The van der Waals surface area contributed by atoms with Gasteiger partial charge in [0.2, 0.25) is 0 Å². The van der Waals surface area contributed by atoms with Crippen LogP contribution < -0.4 is 0 Å². The zero-order valence-electron chi connectivity index (χ0n) is 31.0. The third kappa shape index (κ3) is 57.1. The molecular formula is C39H76O8. The van der Waals surface area contributed by atoms with Crippen molar-refractivity contribution in [2.75, 3.05) is 79.8 Å². The van der Waals surface area contributed by atoms with Crippen molar-refractivity contribution in [3.05, 3.63) is 37.1 Å². The van der Waals surface area contributed by atoms with Crippen LogP contribution in [-0.4, -0.2) is 91.2 Å². The summed E-state index contributed by atoms with van der Waals surface area (Å²) in [6.45, 7) is 18.8. The summed E-state index contributed by atoms with van der Waals surface area (Å²) in [7, 11) is 1.73. The van der Waals surface area contributed by atoms with Crippen molar-refractivity contribution in [1.29, 1.82) is 0 Å². The largest absolute Gasteiger partial charge is 0.513 e. The van der Waals surface area contributed by atoms with Crippen molar-refractivity contribution in [3.8, 4) is 0 Å². The van der Waals surface area contributed by atoms with Gasteiger partial charge in [0.1, 0.15) is 6.29 Å². The van der Waals surface area contributed by atoms with E-state index in [0.717, 1.165) is 103 Å². The van der Waals surface area contributed by atoms with Gasteiger partial charge in [0.05, 0.1) is 52.0 Å². The second kappa shape index (κ2) is 51.3. The molecular weight excluding hydrogens is 596 g/mol. The van der Waals surface area contributed by atoms with Gasteiger partial charge < -0.3 is 38.3 Å². The number of rotatable bonds is 37. The van der Waals surface area contributed by atoms with E-state index in [9.17, 15) is 4.79 Å². The maximum absolute atomic E-state index is 9.92. The molecule has 0 aromatic rings. The lowest BCUT2D eigenvalue weighted by atomic mass is 10.1. The van der Waals surface area contributed by atoms with E-state index in [4.69, 9.17) is 33.5 Å². The van der Waals surface area contributed by atoms with Crippen LogP contribution in [0.5, 0.6) is 0 Å². The first kappa shape index (κ1) is 49.8. The molecule has 0 radical (unpaired) electrons. The van der Waals surface area contributed by atoms with Gasteiger partial charge in [0, 0.05) is 46.4 Å². The van der Waals surface area contributed by atoms with E-state index in [1.165, 1.54) is 44.9 Å². The van der Waals surface area contributed by atoms with E-state index in [1.54, 1.807) is 7.11 Å². The smallest absolute Gasteiger partial charge is 0.119 e. The maximum Gasteiger partial charge on any atom is 0.119 e. The van der Waals surface area contributed by atoms with Gasteiger partial charge in [-0.05, 0) is 51.4 Å². The molecule has 0 aliphatic heterocycles. The second-order valence-corrected chi connectivity index (χ2v) is 11.1. The van der Waals surface area contributed by atoms with Gasteiger partial charge in [0.15, 0.2) is 0 Å². The third-order valence-corrected chi connectivity index (χ3v) is 6.79. The molecule has 0 spiro atoms. The Hall–Kier alpha value is -1.55. The zero-order valence-corrected chi connectivity index (χ0v) is 31.0. The lowest BCUT2D eigenvalue weighted by molar-refractivity contribution is -0.107. The topological polar surface area (TPSA) is 92.7 Å². The van der Waals surface area contributed by atoms with Gasteiger partial charge in [-0.2, -0.15) is 0 Å². The second-order valence-electron chi connectivity index (χ2n) is 11.1. The summed E-state index contributed by atoms with van der Waals surface area (Å²) in [5.74, 6) is 0.304. The van der Waals surface area contributed by atoms with Gasteiger partial charge in [-0.3, -0.25) is 0 Å². The Morgan fingerprint density at radius 2 is 0.957 bits per heavy atom. The fraction of sp³-hybridized carbons (Fsp3) is 0.821. The predicted molar refractivity (Wildman–Crippen MR) is 198 cm³/mol. The molecule has 47 heavy (non-hydrogen) atoms. The molecule has 0 amide bonds. The monoisotopic (exact) mass is 673 g/mol. The summed E-state index contributed by atoms with van der Waals surface area (Å²) in [4.78, 5) is 9.92. The minimum absolute atomic E-state index is 0.304. The Morgan fingerprint density at radius 1 is 0.532 bits per heavy atom. The summed E-state index contributed by atoms with van der Waals surface area (Å²) in [5.41, 5.74) is 0. The molecule has 0 aromatic carbocycles. The van der Waals surface area contributed by atoms with Crippen LogP contribution in [0.2, 0.25) is 0 Å². The van der Waals surface area contributed by atoms with E-state index in [2.05, 4.69) is 19.2 Å². The first-order valence-electron chi connectivity index (χ1n) is 18.6. The number of unbranched alkanes of at least 4 members (excludes halogenated alkanes) is 13. The van der Waals surface area contributed by atoms with Crippen molar-refractivity contribution in [2.45, 2.75) is 129 Å². The molecule has 0 fully saturated rings. The van der Waals surface area contributed by atoms with Crippen molar-refractivity contribution in [1.82, 2.24) is 0 Å². The number of ether oxygens (including phenoxy) is 6. The van der Waals surface area contributed by atoms with Crippen LogP contribution in [0.15, 0.2) is 37.1 Å². The number of hydrogen-bond donors (Lipinski definition) is 1. The summed E-state index contributed by atoms with van der Waals surface area (Å²) in [5, 5.41) is 9.02. The molecule has 0 rings (SSSR count). The Labute approximate surface area is 290 Å². The highest BCUT2D eigenvalue weighted by Gasteiger charge is 1.96. The molecule has 0 unspecified atom stereocenters. The first-order valence-corrected chi connectivity index (χ1v) is 18.6. The molecule has 0 aliphatic rings. The van der Waals surface area contributed by atoms with Crippen LogP contribution in [0.4, 0.5) is 0 Å². The number of carbonyl (C=O) groups is 1. The number of hydrogen-bond acceptors (Lipinski definition) is 8. The van der Waals surface area contributed by atoms with Crippen molar-refractivity contribution in [3.63, 3.8) is 0 Å². The molecule has 0 saturated heterocycles. The van der Waals surface area contributed by atoms with Gasteiger partial charge in [-0.25, -0.2) is 0 Å². The fourth-order valence-corrected chi connectivity index (χ4v) is 4.14. The van der Waals surface area contributed by atoms with E-state index >= 15 is 0 Å². The molecule has 0 saturated carbocycles. The van der Waals surface area contributed by atoms with Gasteiger partial charge in [0.25, 0.3) is 0 Å². The van der Waals surface area contributed by atoms with Crippen LogP contribution in [0.3, 0.4) is 0 Å². The highest BCUT2D eigenvalue weighted by atomic mass is 16.6. The van der Waals surface area contributed by atoms with Crippen molar-refractivity contribution >= 4 is 6.29 Å². The fourth-order valence-electron chi connectivity index (χ4n) is 4.14. The zero-order chi connectivity index (χ0) is 35.2. The molecule has 0 bridgehead atoms. The number of allylic oxidation sites excluding steroid dienone is 3. The van der Waals surface area contributed by atoms with E-state index in [-0.39, 0.29) is 0 Å². The molecule has 0 aromatic heterocycles. The standard InChI is InChI=1S/C28H52O6.C9H18O2.C2H6/c1-3-4-5-8-13-20-31-22-24-33-26-27-34-25-23-32-21-16-11-10-15-19-30-18-14-9-6-7-12-17-28(2)29;1-11-9-7-5-3-2-4-6-8-10;1-2/h3,8,13,29H,1-2,4-7,9-12,14-27H2;8H,2-7,9H2,1H3;1-2H3/b13-8+;;. The predicted octanol–water partition coefficient (Wildman–Crippen LogP) is 9.76. The normalized spacial score (nSPS) is 10.7. The number of carbonyl (C=O) groups excluding carboxylic acids is 1. The minimum Gasteiger partial charge on any atom is -0.513 e. The van der Waals surface area contributed by atoms with Crippen LogP contribution in [0.1, 0.15) is 129 Å².